The summed E-state index contributed by atoms with van der Waals surface area (Å²) in [4.78, 5) is 23.6. The number of ether oxygens (including phenoxy) is 2. The van der Waals surface area contributed by atoms with Gasteiger partial charge in [-0.25, -0.2) is 9.59 Å². The highest BCUT2D eigenvalue weighted by Crippen LogP contribution is 2.29. The predicted molar refractivity (Wildman–Crippen MR) is 79.9 cm³/mol. The number of hydrogen-bond donors (Lipinski definition) is 4. The van der Waals surface area contributed by atoms with E-state index in [1.807, 2.05) is 0 Å². The Morgan fingerprint density at radius 2 is 1.78 bits per heavy atom. The summed E-state index contributed by atoms with van der Waals surface area (Å²) in [5.41, 5.74) is -0.682. The Kier molecular flexibility index (Phi) is 5.80. The molecule has 2 atom stereocenters. The van der Waals surface area contributed by atoms with Gasteiger partial charge >= 0.3 is 12.1 Å². The predicted octanol–water partition coefficient (Wildman–Crippen LogP) is 1.20. The van der Waals surface area contributed by atoms with E-state index in [2.05, 4.69) is 10.1 Å². The number of benzene rings is 1. The van der Waals surface area contributed by atoms with Gasteiger partial charge in [0, 0.05) is 0 Å². The Balaban J connectivity index is 2.99. The normalized spacial score (nSPS) is 13.8. The number of alkyl carbamates (subject to hydrolysis) is 1. The number of hydrogen-bond acceptors (Lipinski definition) is 7. The summed E-state index contributed by atoms with van der Waals surface area (Å²) in [5, 5.41) is 31.3. The van der Waals surface area contributed by atoms with Crippen molar-refractivity contribution in [3.8, 4) is 11.5 Å². The van der Waals surface area contributed by atoms with Crippen LogP contribution in [0.1, 0.15) is 32.4 Å². The van der Waals surface area contributed by atoms with Crippen molar-refractivity contribution in [3.63, 3.8) is 0 Å². The number of carbonyl (C=O) groups is 2. The number of carbonyl (C=O) groups excluding carboxylic acids is 2. The maximum atomic E-state index is 11.8. The van der Waals surface area contributed by atoms with Crippen molar-refractivity contribution in [1.82, 2.24) is 5.32 Å². The number of amides is 1. The third kappa shape index (κ3) is 5.33. The highest BCUT2D eigenvalue weighted by Gasteiger charge is 2.32. The first-order valence-corrected chi connectivity index (χ1v) is 6.82. The number of aromatic hydroxyl groups is 2. The van der Waals surface area contributed by atoms with Gasteiger partial charge in [-0.1, -0.05) is 6.07 Å². The second-order valence-corrected chi connectivity index (χ2v) is 5.84. The molecular weight excluding hydrogens is 306 g/mol. The number of aliphatic hydroxyl groups is 1. The van der Waals surface area contributed by atoms with Crippen LogP contribution in [0.15, 0.2) is 18.2 Å². The second kappa shape index (κ2) is 7.19. The average molecular weight is 327 g/mol. The molecule has 0 aliphatic carbocycles. The van der Waals surface area contributed by atoms with Crippen LogP contribution in [-0.4, -0.2) is 46.1 Å². The van der Waals surface area contributed by atoms with Gasteiger partial charge in [-0.15, -0.1) is 0 Å². The highest BCUT2D eigenvalue weighted by atomic mass is 16.6. The van der Waals surface area contributed by atoms with Crippen molar-refractivity contribution >= 4 is 12.1 Å². The number of phenols is 2. The minimum Gasteiger partial charge on any atom is -0.504 e. The van der Waals surface area contributed by atoms with Crippen LogP contribution in [0.5, 0.6) is 11.5 Å². The molecule has 0 saturated heterocycles. The summed E-state index contributed by atoms with van der Waals surface area (Å²) in [6.07, 6.45) is -2.42. The zero-order valence-corrected chi connectivity index (χ0v) is 13.4. The SMILES string of the molecule is COC(=O)[C@@H](NC(=O)OC(C)(C)C)[C@H](O)c1ccc(O)c(O)c1. The molecule has 128 valence electrons. The van der Waals surface area contributed by atoms with Crippen LogP contribution in [0.3, 0.4) is 0 Å². The van der Waals surface area contributed by atoms with E-state index in [0.717, 1.165) is 19.2 Å². The van der Waals surface area contributed by atoms with Crippen molar-refractivity contribution in [2.75, 3.05) is 7.11 Å². The van der Waals surface area contributed by atoms with E-state index >= 15 is 0 Å². The van der Waals surface area contributed by atoms with Gasteiger partial charge in [0.25, 0.3) is 0 Å². The van der Waals surface area contributed by atoms with Gasteiger partial charge in [0.1, 0.15) is 11.7 Å². The lowest BCUT2D eigenvalue weighted by Gasteiger charge is -2.25. The second-order valence-electron chi connectivity index (χ2n) is 5.84. The first kappa shape index (κ1) is 18.6. The number of methoxy groups -OCH3 is 1. The molecule has 1 aromatic rings. The molecule has 0 heterocycles. The van der Waals surface area contributed by atoms with Crippen LogP contribution in [0.2, 0.25) is 0 Å². The van der Waals surface area contributed by atoms with Crippen LogP contribution in [-0.2, 0) is 14.3 Å². The van der Waals surface area contributed by atoms with Gasteiger partial charge in [-0.3, -0.25) is 0 Å². The van der Waals surface area contributed by atoms with E-state index in [0.29, 0.717) is 0 Å². The summed E-state index contributed by atoms with van der Waals surface area (Å²) < 4.78 is 9.59. The van der Waals surface area contributed by atoms with E-state index < -0.39 is 35.6 Å². The van der Waals surface area contributed by atoms with Crippen LogP contribution in [0.4, 0.5) is 4.79 Å². The Labute approximate surface area is 133 Å². The molecule has 0 unspecified atom stereocenters. The van der Waals surface area contributed by atoms with Crippen molar-refractivity contribution in [1.29, 1.82) is 0 Å². The zero-order chi connectivity index (χ0) is 17.8. The molecule has 8 heteroatoms. The quantitative estimate of drug-likeness (QED) is 0.483. The number of nitrogens with one attached hydrogen (secondary N) is 1. The summed E-state index contributed by atoms with van der Waals surface area (Å²) in [6.45, 7) is 4.94. The molecule has 0 aliphatic heterocycles. The Bertz CT molecular complexity index is 580. The van der Waals surface area contributed by atoms with Crippen LogP contribution in [0.25, 0.3) is 0 Å². The molecule has 4 N–H and O–H groups in total. The Morgan fingerprint density at radius 1 is 1.17 bits per heavy atom. The zero-order valence-electron chi connectivity index (χ0n) is 13.4. The molecule has 0 aliphatic rings. The van der Waals surface area contributed by atoms with Crippen molar-refractivity contribution in [2.24, 2.45) is 0 Å². The Morgan fingerprint density at radius 3 is 2.26 bits per heavy atom. The number of rotatable bonds is 4. The van der Waals surface area contributed by atoms with Crippen LogP contribution in [0, 0.1) is 0 Å². The third-order valence-electron chi connectivity index (χ3n) is 2.78. The molecule has 0 fully saturated rings. The fraction of sp³-hybridized carbons (Fsp3) is 0.467. The minimum absolute atomic E-state index is 0.103. The number of esters is 1. The number of aliphatic hydroxyl groups excluding tert-OH is 1. The first-order chi connectivity index (χ1) is 10.5. The third-order valence-corrected chi connectivity index (χ3v) is 2.78. The molecule has 0 saturated carbocycles. The number of phenolic OH excluding ortho intramolecular Hbond substituents is 2. The van der Waals surface area contributed by atoms with Gasteiger partial charge in [-0.05, 0) is 38.5 Å². The van der Waals surface area contributed by atoms with E-state index in [-0.39, 0.29) is 11.3 Å². The van der Waals surface area contributed by atoms with Crippen molar-refractivity contribution in [3.05, 3.63) is 23.8 Å². The van der Waals surface area contributed by atoms with E-state index in [1.54, 1.807) is 20.8 Å². The van der Waals surface area contributed by atoms with Gasteiger partial charge in [0.2, 0.25) is 0 Å². The van der Waals surface area contributed by atoms with Gasteiger partial charge in [0.15, 0.2) is 17.5 Å². The molecule has 8 nitrogen and oxygen atoms in total. The van der Waals surface area contributed by atoms with Crippen LogP contribution < -0.4 is 5.32 Å². The van der Waals surface area contributed by atoms with Crippen molar-refractivity contribution < 1.29 is 34.4 Å². The largest absolute Gasteiger partial charge is 0.504 e. The standard InChI is InChI=1S/C15H21NO7/c1-15(2,3)23-14(21)16-11(13(20)22-4)12(19)8-5-6-9(17)10(18)7-8/h5-7,11-12,17-19H,1-4H3,(H,16,21)/t11-,12+/m0/s1. The summed E-state index contributed by atoms with van der Waals surface area (Å²) in [5.74, 6) is -1.74. The summed E-state index contributed by atoms with van der Waals surface area (Å²) in [6, 6.07) is 2.08. The molecule has 1 aromatic carbocycles. The topological polar surface area (TPSA) is 125 Å². The lowest BCUT2D eigenvalue weighted by atomic mass is 10.0. The minimum atomic E-state index is -1.51. The molecular formula is C15H21NO7. The average Bonchev–Trinajstić information content (AvgIpc) is 2.44. The van der Waals surface area contributed by atoms with Gasteiger partial charge < -0.3 is 30.1 Å². The summed E-state index contributed by atoms with van der Waals surface area (Å²) >= 11 is 0. The maximum absolute atomic E-state index is 11.8. The molecule has 0 aromatic heterocycles. The van der Waals surface area contributed by atoms with E-state index in [1.165, 1.54) is 6.07 Å². The lowest BCUT2D eigenvalue weighted by Crippen LogP contribution is -2.47. The summed E-state index contributed by atoms with van der Waals surface area (Å²) in [7, 11) is 1.10. The molecule has 23 heavy (non-hydrogen) atoms. The molecule has 0 bridgehead atoms. The maximum Gasteiger partial charge on any atom is 0.408 e. The van der Waals surface area contributed by atoms with Gasteiger partial charge in [-0.2, -0.15) is 0 Å². The van der Waals surface area contributed by atoms with Crippen molar-refractivity contribution in [2.45, 2.75) is 38.5 Å². The fourth-order valence-electron chi connectivity index (χ4n) is 1.75. The fourth-order valence-corrected chi connectivity index (χ4v) is 1.75. The molecule has 1 rings (SSSR count). The van der Waals surface area contributed by atoms with Gasteiger partial charge in [0.05, 0.1) is 7.11 Å². The smallest absolute Gasteiger partial charge is 0.408 e. The van der Waals surface area contributed by atoms with Crippen LogP contribution >= 0.6 is 0 Å². The molecule has 0 spiro atoms. The van der Waals surface area contributed by atoms with E-state index in [9.17, 15) is 24.9 Å². The van der Waals surface area contributed by atoms with E-state index in [4.69, 9.17) is 4.74 Å². The monoisotopic (exact) mass is 327 g/mol. The first-order valence-electron chi connectivity index (χ1n) is 6.82. The molecule has 1 amide bonds. The Hall–Kier alpha value is -2.48. The molecule has 0 radical (unpaired) electrons. The lowest BCUT2D eigenvalue weighted by molar-refractivity contribution is -0.146. The highest BCUT2D eigenvalue weighted by molar-refractivity contribution is 5.82.